The predicted octanol–water partition coefficient (Wildman–Crippen LogP) is 1.94. The van der Waals surface area contributed by atoms with Crippen molar-refractivity contribution in [2.24, 2.45) is 0 Å². The lowest BCUT2D eigenvalue weighted by molar-refractivity contribution is -0.126. The van der Waals surface area contributed by atoms with Crippen LogP contribution in [0.1, 0.15) is 23.7 Å². The lowest BCUT2D eigenvalue weighted by Gasteiger charge is -2.10. The molecule has 0 aliphatic carbocycles. The van der Waals surface area contributed by atoms with Crippen molar-refractivity contribution >= 4 is 11.6 Å². The zero-order valence-corrected chi connectivity index (χ0v) is 13.6. The van der Waals surface area contributed by atoms with Gasteiger partial charge in [0.1, 0.15) is 0 Å². The van der Waals surface area contributed by atoms with E-state index in [-0.39, 0.29) is 17.4 Å². The number of aryl methyl sites for hydroxylation is 1. The minimum absolute atomic E-state index is 0.0287. The van der Waals surface area contributed by atoms with E-state index in [2.05, 4.69) is 5.10 Å². The van der Waals surface area contributed by atoms with Gasteiger partial charge in [-0.3, -0.25) is 14.7 Å². The number of fused-ring (bicyclic) bond motifs is 1. The molecule has 122 valence electrons. The quantitative estimate of drug-likeness (QED) is 0.784. The van der Waals surface area contributed by atoms with Crippen molar-refractivity contribution in [2.45, 2.75) is 19.3 Å². The molecule has 24 heavy (non-hydrogen) atoms. The second-order valence-corrected chi connectivity index (χ2v) is 6.33. The number of aromatic amines is 1. The number of H-pyrrole nitrogens is 1. The summed E-state index contributed by atoms with van der Waals surface area (Å²) in [6, 6.07) is 11.4. The molecular formula is C18H18N4O2. The van der Waals surface area contributed by atoms with Crippen LogP contribution in [0, 0.1) is 6.92 Å². The highest BCUT2D eigenvalue weighted by Gasteiger charge is 2.30. The molecule has 2 aromatic heterocycles. The van der Waals surface area contributed by atoms with Crippen LogP contribution in [0.4, 0.5) is 0 Å². The van der Waals surface area contributed by atoms with Gasteiger partial charge in [-0.2, -0.15) is 0 Å². The Morgan fingerprint density at radius 2 is 1.96 bits per heavy atom. The molecule has 1 fully saturated rings. The SMILES string of the molecule is Cc1[nH]n2c(=O)cc([C@H]3CC(=O)N(C)C3)nc2c1-c1ccccc1. The Labute approximate surface area is 138 Å². The van der Waals surface area contributed by atoms with Crippen molar-refractivity contribution < 1.29 is 4.79 Å². The van der Waals surface area contributed by atoms with Crippen LogP contribution >= 0.6 is 0 Å². The summed E-state index contributed by atoms with van der Waals surface area (Å²) in [5.41, 5.74) is 3.98. The molecule has 1 atom stereocenters. The third-order valence-corrected chi connectivity index (χ3v) is 4.64. The van der Waals surface area contributed by atoms with E-state index in [4.69, 9.17) is 4.98 Å². The van der Waals surface area contributed by atoms with Crippen LogP contribution < -0.4 is 5.56 Å². The van der Waals surface area contributed by atoms with Crippen molar-refractivity contribution in [3.05, 3.63) is 58.1 Å². The lowest BCUT2D eigenvalue weighted by atomic mass is 10.0. The van der Waals surface area contributed by atoms with Crippen molar-refractivity contribution in [3.63, 3.8) is 0 Å². The minimum Gasteiger partial charge on any atom is -0.345 e. The molecule has 1 N–H and O–H groups in total. The van der Waals surface area contributed by atoms with Crippen LogP contribution in [-0.4, -0.2) is 39.0 Å². The molecule has 1 aliphatic heterocycles. The summed E-state index contributed by atoms with van der Waals surface area (Å²) in [6.45, 7) is 2.54. The van der Waals surface area contributed by atoms with Crippen LogP contribution in [0.2, 0.25) is 0 Å². The Kier molecular flexibility index (Phi) is 3.26. The third-order valence-electron chi connectivity index (χ3n) is 4.64. The molecule has 6 heteroatoms. The lowest BCUT2D eigenvalue weighted by Crippen LogP contribution is -2.20. The van der Waals surface area contributed by atoms with E-state index in [0.29, 0.717) is 24.3 Å². The highest BCUT2D eigenvalue weighted by molar-refractivity contribution is 5.81. The largest absolute Gasteiger partial charge is 0.345 e. The number of likely N-dealkylation sites (N-methyl/N-ethyl adjacent to an activating group) is 1. The van der Waals surface area contributed by atoms with Crippen molar-refractivity contribution in [1.29, 1.82) is 0 Å². The molecule has 1 amide bonds. The molecule has 4 rings (SSSR count). The number of likely N-dealkylation sites (tertiary alicyclic amines) is 1. The average Bonchev–Trinajstić information content (AvgIpc) is 3.08. The van der Waals surface area contributed by atoms with Crippen LogP contribution in [0.5, 0.6) is 0 Å². The van der Waals surface area contributed by atoms with Crippen molar-refractivity contribution in [1.82, 2.24) is 19.5 Å². The highest BCUT2D eigenvalue weighted by atomic mass is 16.2. The summed E-state index contributed by atoms with van der Waals surface area (Å²) < 4.78 is 1.47. The Hall–Kier alpha value is -2.89. The van der Waals surface area contributed by atoms with Gasteiger partial charge in [-0.1, -0.05) is 30.3 Å². The number of hydrogen-bond donors (Lipinski definition) is 1. The summed E-state index contributed by atoms with van der Waals surface area (Å²) in [6.07, 6.45) is 0.406. The van der Waals surface area contributed by atoms with Gasteiger partial charge in [0.05, 0.1) is 5.69 Å². The maximum Gasteiger partial charge on any atom is 0.272 e. The Balaban J connectivity index is 1.91. The molecule has 1 saturated heterocycles. The first-order valence-corrected chi connectivity index (χ1v) is 7.96. The van der Waals surface area contributed by atoms with Gasteiger partial charge >= 0.3 is 0 Å². The minimum atomic E-state index is -0.151. The van der Waals surface area contributed by atoms with E-state index in [0.717, 1.165) is 16.8 Å². The first kappa shape index (κ1) is 14.7. The van der Waals surface area contributed by atoms with E-state index in [9.17, 15) is 9.59 Å². The first-order chi connectivity index (χ1) is 11.5. The number of nitrogens with zero attached hydrogens (tertiary/aromatic N) is 3. The number of hydrogen-bond acceptors (Lipinski definition) is 3. The standard InChI is InChI=1S/C18H18N4O2/c1-11-17(12-6-4-3-5-7-12)18-19-14(9-16(24)22(18)20-11)13-8-15(23)21(2)10-13/h3-7,9,13,20H,8,10H2,1-2H3/t13-/m0/s1. The van der Waals surface area contributed by atoms with Gasteiger partial charge in [-0.25, -0.2) is 9.50 Å². The fourth-order valence-electron chi connectivity index (χ4n) is 3.39. The zero-order valence-electron chi connectivity index (χ0n) is 13.6. The maximum absolute atomic E-state index is 12.5. The number of benzene rings is 1. The van der Waals surface area contributed by atoms with Crippen molar-refractivity contribution in [3.8, 4) is 11.1 Å². The second kappa shape index (κ2) is 5.33. The number of amides is 1. The molecule has 0 saturated carbocycles. The second-order valence-electron chi connectivity index (χ2n) is 6.33. The summed E-state index contributed by atoms with van der Waals surface area (Å²) in [4.78, 5) is 30.7. The third kappa shape index (κ3) is 2.22. The fraction of sp³-hybridized carbons (Fsp3) is 0.278. The van der Waals surface area contributed by atoms with E-state index in [1.165, 1.54) is 10.6 Å². The molecule has 0 spiro atoms. The summed E-state index contributed by atoms with van der Waals surface area (Å²) in [7, 11) is 1.78. The number of aromatic nitrogens is 3. The molecule has 6 nitrogen and oxygen atoms in total. The number of carbonyl (C=O) groups excluding carboxylic acids is 1. The summed E-state index contributed by atoms with van der Waals surface area (Å²) >= 11 is 0. The normalized spacial score (nSPS) is 17.8. The summed E-state index contributed by atoms with van der Waals surface area (Å²) in [5.74, 6) is 0.0644. The van der Waals surface area contributed by atoms with Crippen molar-refractivity contribution in [2.75, 3.05) is 13.6 Å². The van der Waals surface area contributed by atoms with Crippen LogP contribution in [0.3, 0.4) is 0 Å². The van der Waals surface area contributed by atoms with Gasteiger partial charge < -0.3 is 4.90 Å². The van der Waals surface area contributed by atoms with E-state index in [1.807, 2.05) is 37.3 Å². The Bertz CT molecular complexity index is 987. The number of carbonyl (C=O) groups is 1. The monoisotopic (exact) mass is 322 g/mol. The number of rotatable bonds is 2. The molecule has 0 unspecified atom stereocenters. The van der Waals surface area contributed by atoms with Crippen LogP contribution in [0.15, 0.2) is 41.2 Å². The van der Waals surface area contributed by atoms with Gasteiger partial charge in [0.2, 0.25) is 5.91 Å². The Morgan fingerprint density at radius 3 is 2.62 bits per heavy atom. The molecule has 0 radical (unpaired) electrons. The maximum atomic E-state index is 12.5. The smallest absolute Gasteiger partial charge is 0.272 e. The van der Waals surface area contributed by atoms with Gasteiger partial charge in [0.15, 0.2) is 5.65 Å². The van der Waals surface area contributed by atoms with Gasteiger partial charge in [0, 0.05) is 43.3 Å². The van der Waals surface area contributed by atoms with Gasteiger partial charge in [-0.05, 0) is 12.5 Å². The van der Waals surface area contributed by atoms with E-state index < -0.39 is 0 Å². The fourth-order valence-corrected chi connectivity index (χ4v) is 3.39. The molecule has 1 aromatic carbocycles. The predicted molar refractivity (Wildman–Crippen MR) is 91.0 cm³/mol. The highest BCUT2D eigenvalue weighted by Crippen LogP contribution is 2.29. The molecule has 0 bridgehead atoms. The van der Waals surface area contributed by atoms with Gasteiger partial charge in [0.25, 0.3) is 5.56 Å². The molecule has 3 aromatic rings. The number of nitrogens with one attached hydrogen (secondary N) is 1. The molecular weight excluding hydrogens is 304 g/mol. The first-order valence-electron chi connectivity index (χ1n) is 7.96. The molecule has 1 aliphatic rings. The van der Waals surface area contributed by atoms with E-state index >= 15 is 0 Å². The topological polar surface area (TPSA) is 70.5 Å². The van der Waals surface area contributed by atoms with Gasteiger partial charge in [-0.15, -0.1) is 0 Å². The van der Waals surface area contributed by atoms with Crippen LogP contribution in [-0.2, 0) is 4.79 Å². The van der Waals surface area contributed by atoms with Crippen LogP contribution in [0.25, 0.3) is 16.8 Å². The zero-order chi connectivity index (χ0) is 16.8. The average molecular weight is 322 g/mol. The van der Waals surface area contributed by atoms with E-state index in [1.54, 1.807) is 11.9 Å². The molecule has 3 heterocycles. The summed E-state index contributed by atoms with van der Waals surface area (Å²) in [5, 5.41) is 3.09. The Morgan fingerprint density at radius 1 is 1.21 bits per heavy atom.